The second kappa shape index (κ2) is 5.35. The maximum Gasteiger partial charge on any atom is 0.254 e. The minimum absolute atomic E-state index is 0.491. The summed E-state index contributed by atoms with van der Waals surface area (Å²) < 4.78 is 1.79. The third-order valence-electron chi connectivity index (χ3n) is 3.63. The van der Waals surface area contributed by atoms with E-state index < -0.39 is 0 Å². The molecule has 4 aromatic rings. The predicted octanol–water partition coefficient (Wildman–Crippen LogP) is 4.01. The Morgan fingerprint density at radius 2 is 1.83 bits per heavy atom. The van der Waals surface area contributed by atoms with Crippen molar-refractivity contribution in [3.05, 3.63) is 78.7 Å². The lowest BCUT2D eigenvalue weighted by Gasteiger charge is -2.07. The Labute approximate surface area is 132 Å². The van der Waals surface area contributed by atoms with Crippen LogP contribution in [0.1, 0.15) is 0 Å². The quantitative estimate of drug-likeness (QED) is 0.525. The van der Waals surface area contributed by atoms with Crippen molar-refractivity contribution in [2.75, 3.05) is 0 Å². The number of fused-ring (bicyclic) bond motifs is 1. The lowest BCUT2D eigenvalue weighted by molar-refractivity contribution is 1.20. The molecule has 0 aliphatic carbocycles. The van der Waals surface area contributed by atoms with E-state index in [2.05, 4.69) is 19.8 Å². The van der Waals surface area contributed by atoms with Crippen LogP contribution in [0.5, 0.6) is 0 Å². The van der Waals surface area contributed by atoms with E-state index in [0.717, 1.165) is 28.2 Å². The van der Waals surface area contributed by atoms with Crippen LogP contribution in [0.3, 0.4) is 0 Å². The van der Waals surface area contributed by atoms with Gasteiger partial charge in [0, 0.05) is 29.6 Å². The molecule has 4 aromatic heterocycles. The van der Waals surface area contributed by atoms with Gasteiger partial charge in [0.2, 0.25) is 5.65 Å². The molecule has 4 rings (SSSR count). The Balaban J connectivity index is 1.94. The average Bonchev–Trinajstić information content (AvgIpc) is 3.05. The molecule has 0 fully saturated rings. The summed E-state index contributed by atoms with van der Waals surface area (Å²) >= 11 is 0. The molecule has 5 nitrogen and oxygen atoms in total. The summed E-state index contributed by atoms with van der Waals surface area (Å²) in [6, 6.07) is 13.6. The fourth-order valence-electron chi connectivity index (χ4n) is 2.55. The second-order valence-corrected chi connectivity index (χ2v) is 4.99. The highest BCUT2D eigenvalue weighted by molar-refractivity contribution is 5.79. The number of imidazole rings is 1. The normalized spacial score (nSPS) is 10.6. The van der Waals surface area contributed by atoms with E-state index >= 15 is 0 Å². The van der Waals surface area contributed by atoms with Gasteiger partial charge in [-0.2, -0.15) is 0 Å². The monoisotopic (exact) mass is 297 g/mol. The highest BCUT2D eigenvalue weighted by atomic mass is 15.1. The summed E-state index contributed by atoms with van der Waals surface area (Å²) in [6.45, 7) is 7.24. The number of nitrogens with zero attached hydrogens (tertiary/aromatic N) is 5. The molecule has 0 aliphatic heterocycles. The van der Waals surface area contributed by atoms with Crippen molar-refractivity contribution in [1.29, 1.82) is 0 Å². The zero-order valence-electron chi connectivity index (χ0n) is 12.1. The molecule has 0 unspecified atom stereocenters. The van der Waals surface area contributed by atoms with Crippen LogP contribution in [-0.4, -0.2) is 19.4 Å². The third-order valence-corrected chi connectivity index (χ3v) is 3.63. The number of hydrogen-bond donors (Lipinski definition) is 0. The molecule has 0 atom stereocenters. The van der Waals surface area contributed by atoms with Crippen molar-refractivity contribution in [2.45, 2.75) is 0 Å². The standard InChI is InChI=1S/C18H11N5/c1-19-17-11-22-16-8-7-13(12-23(16)17)14-5-4-10-21-18(14)15-6-2-3-9-20-15/h2-12H. The SMILES string of the molecule is [C-]#[N+]c1cnc2ccc(-c3cccnc3-c3ccccn3)cn12. The predicted molar refractivity (Wildman–Crippen MR) is 87.9 cm³/mol. The number of pyridine rings is 3. The average molecular weight is 297 g/mol. The van der Waals surface area contributed by atoms with Gasteiger partial charge in [-0.05, 0) is 24.3 Å². The minimum atomic E-state index is 0.491. The highest BCUT2D eigenvalue weighted by Gasteiger charge is 2.12. The summed E-state index contributed by atoms with van der Waals surface area (Å²) in [6.07, 6.45) is 7.01. The fraction of sp³-hybridized carbons (Fsp3) is 0. The molecule has 23 heavy (non-hydrogen) atoms. The maximum atomic E-state index is 7.24. The Morgan fingerprint density at radius 3 is 2.65 bits per heavy atom. The Bertz CT molecular complexity index is 1030. The van der Waals surface area contributed by atoms with Gasteiger partial charge in [0.15, 0.2) is 0 Å². The van der Waals surface area contributed by atoms with Crippen molar-refractivity contribution in [1.82, 2.24) is 19.4 Å². The molecule has 0 bridgehead atoms. The van der Waals surface area contributed by atoms with E-state index in [1.807, 2.05) is 48.7 Å². The lowest BCUT2D eigenvalue weighted by atomic mass is 10.0. The zero-order valence-corrected chi connectivity index (χ0v) is 12.1. The molecule has 0 aromatic carbocycles. The van der Waals surface area contributed by atoms with Crippen LogP contribution in [0.25, 0.3) is 33.0 Å². The summed E-state index contributed by atoms with van der Waals surface area (Å²) in [5.41, 5.74) is 4.33. The van der Waals surface area contributed by atoms with Crippen molar-refractivity contribution in [3.63, 3.8) is 0 Å². The molecule has 0 aliphatic rings. The van der Waals surface area contributed by atoms with Gasteiger partial charge in [-0.15, -0.1) is 0 Å². The molecule has 0 radical (unpaired) electrons. The largest absolute Gasteiger partial charge is 0.362 e. The van der Waals surface area contributed by atoms with Crippen LogP contribution >= 0.6 is 0 Å². The van der Waals surface area contributed by atoms with E-state index in [1.54, 1.807) is 23.0 Å². The van der Waals surface area contributed by atoms with Crippen LogP contribution in [0.15, 0.2) is 67.3 Å². The van der Waals surface area contributed by atoms with Gasteiger partial charge in [-0.3, -0.25) is 9.97 Å². The van der Waals surface area contributed by atoms with Crippen LogP contribution in [-0.2, 0) is 0 Å². The van der Waals surface area contributed by atoms with Gasteiger partial charge in [0.1, 0.15) is 0 Å². The molecule has 0 spiro atoms. The van der Waals surface area contributed by atoms with E-state index in [-0.39, 0.29) is 0 Å². The maximum absolute atomic E-state index is 7.24. The fourth-order valence-corrected chi connectivity index (χ4v) is 2.55. The summed E-state index contributed by atoms with van der Waals surface area (Å²) in [5, 5.41) is 0. The Hall–Kier alpha value is -3.52. The van der Waals surface area contributed by atoms with Gasteiger partial charge in [0.25, 0.3) is 5.82 Å². The Kier molecular flexibility index (Phi) is 3.06. The minimum Gasteiger partial charge on any atom is -0.362 e. The van der Waals surface area contributed by atoms with Crippen LogP contribution in [0.4, 0.5) is 5.82 Å². The van der Waals surface area contributed by atoms with Crippen molar-refractivity contribution < 1.29 is 0 Å². The first kappa shape index (κ1) is 13.2. The summed E-state index contributed by atoms with van der Waals surface area (Å²) in [7, 11) is 0. The van der Waals surface area contributed by atoms with Crippen LogP contribution in [0, 0.1) is 6.57 Å². The van der Waals surface area contributed by atoms with Crippen LogP contribution < -0.4 is 0 Å². The van der Waals surface area contributed by atoms with Gasteiger partial charge in [-0.1, -0.05) is 18.7 Å². The molecule has 5 heteroatoms. The second-order valence-electron chi connectivity index (χ2n) is 4.99. The highest BCUT2D eigenvalue weighted by Crippen LogP contribution is 2.30. The zero-order chi connectivity index (χ0) is 15.6. The Morgan fingerprint density at radius 1 is 0.913 bits per heavy atom. The molecule has 0 saturated heterocycles. The molecule has 108 valence electrons. The van der Waals surface area contributed by atoms with Gasteiger partial charge in [0.05, 0.1) is 23.8 Å². The summed E-state index contributed by atoms with van der Waals surface area (Å²) in [4.78, 5) is 16.6. The lowest BCUT2D eigenvalue weighted by Crippen LogP contribution is -1.92. The first-order chi connectivity index (χ1) is 11.4. The number of aromatic nitrogens is 4. The third kappa shape index (κ3) is 2.23. The number of hydrogen-bond acceptors (Lipinski definition) is 3. The molecule has 0 amide bonds. The number of rotatable bonds is 2. The van der Waals surface area contributed by atoms with Crippen molar-refractivity contribution in [2.24, 2.45) is 0 Å². The van der Waals surface area contributed by atoms with Crippen molar-refractivity contribution >= 4 is 11.5 Å². The van der Waals surface area contributed by atoms with E-state index in [1.165, 1.54) is 0 Å². The van der Waals surface area contributed by atoms with Gasteiger partial charge in [-0.25, -0.2) is 9.38 Å². The van der Waals surface area contributed by atoms with Crippen LogP contribution in [0.2, 0.25) is 0 Å². The first-order valence-electron chi connectivity index (χ1n) is 7.08. The van der Waals surface area contributed by atoms with Gasteiger partial charge < -0.3 is 4.85 Å². The molecular weight excluding hydrogens is 286 g/mol. The molecule has 0 N–H and O–H groups in total. The molecular formula is C18H11N5. The van der Waals surface area contributed by atoms with Crippen molar-refractivity contribution in [3.8, 4) is 22.5 Å². The smallest absolute Gasteiger partial charge is 0.254 e. The molecule has 4 heterocycles. The summed E-state index contributed by atoms with van der Waals surface area (Å²) in [5.74, 6) is 0.491. The van der Waals surface area contributed by atoms with E-state index in [9.17, 15) is 0 Å². The van der Waals surface area contributed by atoms with E-state index in [4.69, 9.17) is 6.57 Å². The molecule has 0 saturated carbocycles. The van der Waals surface area contributed by atoms with Gasteiger partial charge >= 0.3 is 0 Å². The van der Waals surface area contributed by atoms with E-state index in [0.29, 0.717) is 5.82 Å². The topological polar surface area (TPSA) is 47.4 Å². The first-order valence-corrected chi connectivity index (χ1v) is 7.08.